The monoisotopic (exact) mass is 262 g/mol. The molecule has 1 aromatic carbocycles. The molecule has 4 heteroatoms. The van der Waals surface area contributed by atoms with Crippen molar-refractivity contribution in [3.8, 4) is 5.75 Å². The fourth-order valence-corrected chi connectivity index (χ4v) is 2.34. The molecule has 0 spiro atoms. The Morgan fingerprint density at radius 1 is 1.33 bits per heavy atom. The van der Waals surface area contributed by atoms with Gasteiger partial charge in [-0.1, -0.05) is 18.2 Å². The summed E-state index contributed by atoms with van der Waals surface area (Å²) in [4.78, 5) is 4.41. The standard InChI is InChI=1S/C14H18N2OS/c1-11-16-13(10-18-11)9-12(15)7-8-17-14-5-3-2-4-6-14/h2-6,10,12H,7-9,15H2,1H3. The first-order valence-corrected chi connectivity index (χ1v) is 6.96. The van der Waals surface area contributed by atoms with Gasteiger partial charge in [-0.05, 0) is 25.5 Å². The zero-order valence-electron chi connectivity index (χ0n) is 10.5. The Kier molecular flexibility index (Phi) is 4.73. The number of para-hydroxylation sites is 1. The first kappa shape index (κ1) is 13.1. The summed E-state index contributed by atoms with van der Waals surface area (Å²) in [7, 11) is 0. The number of aryl methyl sites for hydroxylation is 1. The average molecular weight is 262 g/mol. The number of aromatic nitrogens is 1. The van der Waals surface area contributed by atoms with Gasteiger partial charge in [-0.2, -0.15) is 0 Å². The van der Waals surface area contributed by atoms with E-state index in [4.69, 9.17) is 10.5 Å². The van der Waals surface area contributed by atoms with Gasteiger partial charge in [0, 0.05) is 17.8 Å². The summed E-state index contributed by atoms with van der Waals surface area (Å²) in [5.74, 6) is 0.897. The first-order chi connectivity index (χ1) is 8.74. The minimum absolute atomic E-state index is 0.107. The third kappa shape index (κ3) is 4.13. The van der Waals surface area contributed by atoms with Crippen LogP contribution < -0.4 is 10.5 Å². The number of hydrogen-bond acceptors (Lipinski definition) is 4. The van der Waals surface area contributed by atoms with E-state index < -0.39 is 0 Å². The summed E-state index contributed by atoms with van der Waals surface area (Å²) >= 11 is 1.67. The smallest absolute Gasteiger partial charge is 0.119 e. The van der Waals surface area contributed by atoms with Gasteiger partial charge in [0.15, 0.2) is 0 Å². The van der Waals surface area contributed by atoms with E-state index >= 15 is 0 Å². The summed E-state index contributed by atoms with van der Waals surface area (Å²) in [6.45, 7) is 2.66. The quantitative estimate of drug-likeness (QED) is 0.871. The molecule has 1 aromatic heterocycles. The second-order valence-corrected chi connectivity index (χ2v) is 5.33. The average Bonchev–Trinajstić information content (AvgIpc) is 2.76. The van der Waals surface area contributed by atoms with Crippen molar-refractivity contribution in [2.45, 2.75) is 25.8 Å². The van der Waals surface area contributed by atoms with Crippen molar-refractivity contribution in [1.29, 1.82) is 0 Å². The number of rotatable bonds is 6. The van der Waals surface area contributed by atoms with Crippen molar-refractivity contribution in [2.24, 2.45) is 5.73 Å². The van der Waals surface area contributed by atoms with Crippen molar-refractivity contribution in [3.05, 3.63) is 46.4 Å². The SMILES string of the molecule is Cc1nc(CC(N)CCOc2ccccc2)cs1. The second kappa shape index (κ2) is 6.52. The van der Waals surface area contributed by atoms with Gasteiger partial charge in [-0.25, -0.2) is 4.98 Å². The highest BCUT2D eigenvalue weighted by atomic mass is 32.1. The van der Waals surface area contributed by atoms with Gasteiger partial charge in [-0.15, -0.1) is 11.3 Å². The molecule has 0 radical (unpaired) electrons. The van der Waals surface area contributed by atoms with Crippen molar-refractivity contribution in [3.63, 3.8) is 0 Å². The van der Waals surface area contributed by atoms with Crippen LogP contribution in [-0.4, -0.2) is 17.6 Å². The lowest BCUT2D eigenvalue weighted by atomic mass is 10.1. The van der Waals surface area contributed by atoms with Crippen LogP contribution in [0.5, 0.6) is 5.75 Å². The molecule has 1 unspecified atom stereocenters. The maximum Gasteiger partial charge on any atom is 0.119 e. The molecule has 0 aliphatic rings. The van der Waals surface area contributed by atoms with Gasteiger partial charge in [0.05, 0.1) is 17.3 Å². The molecule has 1 atom stereocenters. The Labute approximate surface area is 112 Å². The highest BCUT2D eigenvalue weighted by molar-refractivity contribution is 7.09. The summed E-state index contributed by atoms with van der Waals surface area (Å²) in [5.41, 5.74) is 7.15. The van der Waals surface area contributed by atoms with Crippen LogP contribution in [0.2, 0.25) is 0 Å². The third-order valence-electron chi connectivity index (χ3n) is 2.64. The van der Waals surface area contributed by atoms with Crippen LogP contribution in [-0.2, 0) is 6.42 Å². The second-order valence-electron chi connectivity index (χ2n) is 4.27. The van der Waals surface area contributed by atoms with Gasteiger partial charge < -0.3 is 10.5 Å². The minimum Gasteiger partial charge on any atom is -0.494 e. The van der Waals surface area contributed by atoms with E-state index in [1.807, 2.05) is 37.3 Å². The molecule has 0 saturated heterocycles. The molecular weight excluding hydrogens is 244 g/mol. The number of thiazole rings is 1. The van der Waals surface area contributed by atoms with Crippen molar-refractivity contribution >= 4 is 11.3 Å². The fraction of sp³-hybridized carbons (Fsp3) is 0.357. The Bertz CT molecular complexity index is 470. The Hall–Kier alpha value is -1.39. The molecule has 0 saturated carbocycles. The highest BCUT2D eigenvalue weighted by Gasteiger charge is 2.07. The van der Waals surface area contributed by atoms with Crippen molar-refractivity contribution < 1.29 is 4.74 Å². The number of nitrogens with zero attached hydrogens (tertiary/aromatic N) is 1. The Morgan fingerprint density at radius 2 is 2.11 bits per heavy atom. The Balaban J connectivity index is 1.70. The zero-order chi connectivity index (χ0) is 12.8. The van der Waals surface area contributed by atoms with Gasteiger partial charge >= 0.3 is 0 Å². The Morgan fingerprint density at radius 3 is 2.78 bits per heavy atom. The molecule has 0 aliphatic carbocycles. The van der Waals surface area contributed by atoms with Crippen LogP contribution in [0.3, 0.4) is 0 Å². The molecule has 18 heavy (non-hydrogen) atoms. The number of hydrogen-bond donors (Lipinski definition) is 1. The summed E-state index contributed by atoms with van der Waals surface area (Å²) < 4.78 is 5.62. The number of nitrogens with two attached hydrogens (primary N) is 1. The van der Waals surface area contributed by atoms with Gasteiger partial charge in [0.25, 0.3) is 0 Å². The molecule has 3 nitrogen and oxygen atoms in total. The molecule has 0 aliphatic heterocycles. The van der Waals surface area contributed by atoms with Gasteiger partial charge in [0.1, 0.15) is 5.75 Å². The van der Waals surface area contributed by atoms with Crippen LogP contribution in [0, 0.1) is 6.92 Å². The lowest BCUT2D eigenvalue weighted by molar-refractivity contribution is 0.297. The van der Waals surface area contributed by atoms with E-state index in [2.05, 4.69) is 10.4 Å². The fourth-order valence-electron chi connectivity index (χ4n) is 1.72. The minimum atomic E-state index is 0.107. The summed E-state index contributed by atoms with van der Waals surface area (Å²) in [6, 6.07) is 9.92. The van der Waals surface area contributed by atoms with E-state index in [1.54, 1.807) is 11.3 Å². The normalized spacial score (nSPS) is 12.3. The maximum absolute atomic E-state index is 6.06. The summed E-state index contributed by atoms with van der Waals surface area (Å²) in [5, 5.41) is 3.17. The molecular formula is C14H18N2OS. The maximum atomic E-state index is 6.06. The molecule has 0 fully saturated rings. The van der Waals surface area contributed by atoms with Crippen molar-refractivity contribution in [2.75, 3.05) is 6.61 Å². The zero-order valence-corrected chi connectivity index (χ0v) is 11.3. The number of ether oxygens (including phenoxy) is 1. The molecule has 2 aromatic rings. The molecule has 2 N–H and O–H groups in total. The van der Waals surface area contributed by atoms with E-state index in [9.17, 15) is 0 Å². The molecule has 1 heterocycles. The lowest BCUT2D eigenvalue weighted by Crippen LogP contribution is -2.25. The van der Waals surface area contributed by atoms with Gasteiger partial charge in [-0.3, -0.25) is 0 Å². The predicted molar refractivity (Wildman–Crippen MR) is 75.1 cm³/mol. The molecule has 2 rings (SSSR count). The largest absolute Gasteiger partial charge is 0.494 e. The highest BCUT2D eigenvalue weighted by Crippen LogP contribution is 2.12. The van der Waals surface area contributed by atoms with Crippen LogP contribution in [0.1, 0.15) is 17.1 Å². The molecule has 0 amide bonds. The van der Waals surface area contributed by atoms with Crippen molar-refractivity contribution in [1.82, 2.24) is 4.98 Å². The topological polar surface area (TPSA) is 48.1 Å². The molecule has 0 bridgehead atoms. The van der Waals surface area contributed by atoms with Crippen LogP contribution >= 0.6 is 11.3 Å². The van der Waals surface area contributed by atoms with E-state index in [0.29, 0.717) is 6.61 Å². The summed E-state index contributed by atoms with van der Waals surface area (Å²) in [6.07, 6.45) is 1.66. The molecule has 96 valence electrons. The first-order valence-electron chi connectivity index (χ1n) is 6.08. The number of benzene rings is 1. The lowest BCUT2D eigenvalue weighted by Gasteiger charge is -2.11. The van der Waals surface area contributed by atoms with Crippen LogP contribution in [0.25, 0.3) is 0 Å². The third-order valence-corrected chi connectivity index (χ3v) is 3.46. The van der Waals surface area contributed by atoms with E-state index in [1.165, 1.54) is 0 Å². The van der Waals surface area contributed by atoms with Crippen LogP contribution in [0.4, 0.5) is 0 Å². The van der Waals surface area contributed by atoms with Crippen LogP contribution in [0.15, 0.2) is 35.7 Å². The van der Waals surface area contributed by atoms with Gasteiger partial charge in [0.2, 0.25) is 0 Å². The van der Waals surface area contributed by atoms with E-state index in [0.717, 1.165) is 29.3 Å². The predicted octanol–water partition coefficient (Wildman–Crippen LogP) is 2.79. The van der Waals surface area contributed by atoms with E-state index in [-0.39, 0.29) is 6.04 Å².